The summed E-state index contributed by atoms with van der Waals surface area (Å²) >= 11 is 0. The summed E-state index contributed by atoms with van der Waals surface area (Å²) in [6.07, 6.45) is 2.86. The van der Waals surface area contributed by atoms with Gasteiger partial charge in [0.15, 0.2) is 0 Å². The predicted molar refractivity (Wildman–Crippen MR) is 88.9 cm³/mol. The van der Waals surface area contributed by atoms with E-state index in [1.165, 1.54) is 0 Å². The lowest BCUT2D eigenvalue weighted by molar-refractivity contribution is -0.124. The van der Waals surface area contributed by atoms with Crippen LogP contribution in [0.4, 0.5) is 10.5 Å². The Morgan fingerprint density at radius 1 is 1.26 bits per heavy atom. The van der Waals surface area contributed by atoms with E-state index in [2.05, 4.69) is 5.32 Å². The van der Waals surface area contributed by atoms with Crippen LogP contribution < -0.4 is 10.1 Å². The van der Waals surface area contributed by atoms with E-state index in [0.717, 1.165) is 24.8 Å². The third-order valence-corrected chi connectivity index (χ3v) is 3.88. The van der Waals surface area contributed by atoms with Crippen molar-refractivity contribution in [3.63, 3.8) is 0 Å². The van der Waals surface area contributed by atoms with Crippen LogP contribution in [0.2, 0.25) is 0 Å². The van der Waals surface area contributed by atoms with Crippen LogP contribution >= 0.6 is 0 Å². The molecule has 0 atom stereocenters. The Hall–Kier alpha value is -2.04. The van der Waals surface area contributed by atoms with Crippen molar-refractivity contribution in [3.8, 4) is 5.75 Å². The highest BCUT2D eigenvalue weighted by Crippen LogP contribution is 2.30. The first-order valence-corrected chi connectivity index (χ1v) is 7.98. The van der Waals surface area contributed by atoms with E-state index in [4.69, 9.17) is 9.47 Å². The maximum Gasteiger partial charge on any atom is 0.412 e. The number of ether oxygens (including phenoxy) is 2. The highest BCUT2D eigenvalue weighted by atomic mass is 16.6. The number of rotatable bonds is 5. The van der Waals surface area contributed by atoms with Gasteiger partial charge in [0.2, 0.25) is 0 Å². The number of benzene rings is 1. The van der Waals surface area contributed by atoms with Crippen LogP contribution in [0, 0.1) is 5.92 Å². The van der Waals surface area contributed by atoms with E-state index >= 15 is 0 Å². The van der Waals surface area contributed by atoms with Crippen molar-refractivity contribution in [3.05, 3.63) is 23.8 Å². The van der Waals surface area contributed by atoms with Crippen LogP contribution in [0.3, 0.4) is 0 Å². The fraction of sp³-hybridized carbons (Fsp3) is 0.556. The van der Waals surface area contributed by atoms with Gasteiger partial charge in [-0.3, -0.25) is 10.1 Å². The molecule has 1 amide bonds. The summed E-state index contributed by atoms with van der Waals surface area (Å²) < 4.78 is 10.5. The standard InChI is InChI=1S/C18H25NO4/c1-18(2,3)23-17(21)19-15-11-14(22-4)9-8-13(15)10-16(20)12-6-5-7-12/h8-9,11-12H,5-7,10H2,1-4H3,(H,19,21). The molecule has 1 saturated carbocycles. The highest BCUT2D eigenvalue weighted by molar-refractivity contribution is 5.90. The van der Waals surface area contributed by atoms with E-state index in [-0.39, 0.29) is 11.7 Å². The lowest BCUT2D eigenvalue weighted by Crippen LogP contribution is -2.28. The third-order valence-electron chi connectivity index (χ3n) is 3.88. The van der Waals surface area contributed by atoms with E-state index in [0.29, 0.717) is 17.9 Å². The lowest BCUT2D eigenvalue weighted by Gasteiger charge is -2.24. The van der Waals surface area contributed by atoms with E-state index in [1.807, 2.05) is 6.07 Å². The van der Waals surface area contributed by atoms with Gasteiger partial charge in [0, 0.05) is 18.4 Å². The molecule has 1 aliphatic rings. The Balaban J connectivity index is 2.14. The van der Waals surface area contributed by atoms with Crippen LogP contribution in [0.15, 0.2) is 18.2 Å². The number of hydrogen-bond donors (Lipinski definition) is 1. The van der Waals surface area contributed by atoms with Crippen molar-refractivity contribution in [1.29, 1.82) is 0 Å². The lowest BCUT2D eigenvalue weighted by atomic mass is 9.80. The highest BCUT2D eigenvalue weighted by Gasteiger charge is 2.26. The van der Waals surface area contributed by atoms with E-state index < -0.39 is 11.7 Å². The van der Waals surface area contributed by atoms with Crippen molar-refractivity contribution in [1.82, 2.24) is 0 Å². The van der Waals surface area contributed by atoms with Gasteiger partial charge in [0.25, 0.3) is 0 Å². The van der Waals surface area contributed by atoms with Crippen molar-refractivity contribution >= 4 is 17.6 Å². The molecular formula is C18H25NO4. The molecule has 1 aromatic carbocycles. The molecule has 0 spiro atoms. The minimum Gasteiger partial charge on any atom is -0.497 e. The van der Waals surface area contributed by atoms with Gasteiger partial charge in [-0.2, -0.15) is 0 Å². The number of ketones is 1. The molecule has 1 aromatic rings. The van der Waals surface area contributed by atoms with Crippen molar-refractivity contribution in [2.45, 2.75) is 52.1 Å². The first-order valence-electron chi connectivity index (χ1n) is 7.98. The molecule has 0 heterocycles. The van der Waals surface area contributed by atoms with Crippen molar-refractivity contribution in [2.75, 3.05) is 12.4 Å². The Kier molecular flexibility index (Phi) is 5.29. The average molecular weight is 319 g/mol. The number of Topliss-reactive ketones (excluding diaryl/α,β-unsaturated/α-hetero) is 1. The summed E-state index contributed by atoms with van der Waals surface area (Å²) in [5.74, 6) is 1.02. The molecule has 2 rings (SSSR count). The normalized spacial score (nSPS) is 14.8. The molecule has 126 valence electrons. The van der Waals surface area contributed by atoms with Gasteiger partial charge in [0.05, 0.1) is 12.8 Å². The molecular weight excluding hydrogens is 294 g/mol. The van der Waals surface area contributed by atoms with Gasteiger partial charge >= 0.3 is 6.09 Å². The number of hydrogen-bond acceptors (Lipinski definition) is 4. The summed E-state index contributed by atoms with van der Waals surface area (Å²) in [4.78, 5) is 24.2. The molecule has 5 nitrogen and oxygen atoms in total. The Bertz CT molecular complexity index is 585. The molecule has 0 radical (unpaired) electrons. The van der Waals surface area contributed by atoms with Gasteiger partial charge in [0.1, 0.15) is 17.1 Å². The smallest absolute Gasteiger partial charge is 0.412 e. The fourth-order valence-electron chi connectivity index (χ4n) is 2.43. The minimum absolute atomic E-state index is 0.173. The molecule has 0 saturated heterocycles. The number of carbonyl (C=O) groups excluding carboxylic acids is 2. The molecule has 0 bridgehead atoms. The van der Waals surface area contributed by atoms with Crippen LogP contribution in [-0.4, -0.2) is 24.6 Å². The average Bonchev–Trinajstić information content (AvgIpc) is 2.36. The second-order valence-electron chi connectivity index (χ2n) is 6.92. The molecule has 0 aliphatic heterocycles. The Morgan fingerprint density at radius 3 is 2.48 bits per heavy atom. The molecule has 5 heteroatoms. The number of amides is 1. The van der Waals surface area contributed by atoms with Gasteiger partial charge in [-0.05, 0) is 45.2 Å². The topological polar surface area (TPSA) is 64.6 Å². The molecule has 23 heavy (non-hydrogen) atoms. The zero-order valence-electron chi connectivity index (χ0n) is 14.3. The van der Waals surface area contributed by atoms with Gasteiger partial charge in [-0.15, -0.1) is 0 Å². The minimum atomic E-state index is -0.579. The molecule has 1 fully saturated rings. The number of methoxy groups -OCH3 is 1. The largest absolute Gasteiger partial charge is 0.497 e. The summed E-state index contributed by atoms with van der Waals surface area (Å²) in [6, 6.07) is 5.33. The number of anilines is 1. The second-order valence-corrected chi connectivity index (χ2v) is 6.92. The summed E-state index contributed by atoms with van der Waals surface area (Å²) in [6.45, 7) is 5.41. The van der Waals surface area contributed by atoms with E-state index in [1.54, 1.807) is 40.0 Å². The summed E-state index contributed by atoms with van der Waals surface area (Å²) in [5.41, 5.74) is 0.769. The van der Waals surface area contributed by atoms with E-state index in [9.17, 15) is 9.59 Å². The monoisotopic (exact) mass is 319 g/mol. The van der Waals surface area contributed by atoms with Gasteiger partial charge < -0.3 is 9.47 Å². The van der Waals surface area contributed by atoms with Crippen LogP contribution in [-0.2, 0) is 16.0 Å². The molecule has 1 aliphatic carbocycles. The SMILES string of the molecule is COc1ccc(CC(=O)C2CCC2)c(NC(=O)OC(C)(C)C)c1. The van der Waals surface area contributed by atoms with Crippen molar-refractivity contribution in [2.24, 2.45) is 5.92 Å². The number of nitrogens with one attached hydrogen (secondary N) is 1. The van der Waals surface area contributed by atoms with Crippen LogP contribution in [0.25, 0.3) is 0 Å². The summed E-state index contributed by atoms with van der Waals surface area (Å²) in [5, 5.41) is 2.73. The molecule has 0 aromatic heterocycles. The third kappa shape index (κ3) is 4.98. The second kappa shape index (κ2) is 7.02. The van der Waals surface area contributed by atoms with Gasteiger partial charge in [-0.1, -0.05) is 12.5 Å². The first-order chi connectivity index (χ1) is 10.8. The van der Waals surface area contributed by atoms with Crippen LogP contribution in [0.5, 0.6) is 5.75 Å². The van der Waals surface area contributed by atoms with Crippen LogP contribution in [0.1, 0.15) is 45.6 Å². The Morgan fingerprint density at radius 2 is 1.96 bits per heavy atom. The zero-order chi connectivity index (χ0) is 17.0. The van der Waals surface area contributed by atoms with Gasteiger partial charge in [-0.25, -0.2) is 4.79 Å². The predicted octanol–water partition coefficient (Wildman–Crippen LogP) is 3.95. The number of carbonyl (C=O) groups is 2. The maximum atomic E-state index is 12.2. The zero-order valence-corrected chi connectivity index (χ0v) is 14.3. The summed E-state index contributed by atoms with van der Waals surface area (Å²) in [7, 11) is 1.56. The molecule has 1 N–H and O–H groups in total. The fourth-order valence-corrected chi connectivity index (χ4v) is 2.43. The first kappa shape index (κ1) is 17.3. The maximum absolute atomic E-state index is 12.2. The molecule has 0 unspecified atom stereocenters. The quantitative estimate of drug-likeness (QED) is 0.892. The Labute approximate surface area is 137 Å². The van der Waals surface area contributed by atoms with Crippen molar-refractivity contribution < 1.29 is 19.1 Å².